The summed E-state index contributed by atoms with van der Waals surface area (Å²) in [4.78, 5) is 4.32. The SMILES string of the molecule is CC(C)(C)c1ccccc1OCC1=NCCN1.[Cl-]. The zero-order valence-electron chi connectivity index (χ0n) is 11.2. The maximum Gasteiger partial charge on any atom is 0.145 e. The third-order valence-corrected chi connectivity index (χ3v) is 2.80. The van der Waals surface area contributed by atoms with Crippen LogP contribution in [0.2, 0.25) is 0 Å². The molecule has 1 heterocycles. The van der Waals surface area contributed by atoms with Gasteiger partial charge >= 0.3 is 0 Å². The van der Waals surface area contributed by atoms with Crippen molar-refractivity contribution in [2.45, 2.75) is 26.2 Å². The van der Waals surface area contributed by atoms with E-state index in [0.717, 1.165) is 24.7 Å². The molecule has 100 valence electrons. The summed E-state index contributed by atoms with van der Waals surface area (Å²) in [5.74, 6) is 1.91. The van der Waals surface area contributed by atoms with Crippen molar-refractivity contribution in [1.29, 1.82) is 0 Å². The van der Waals surface area contributed by atoms with Gasteiger partial charge in [-0.05, 0) is 17.0 Å². The normalized spacial score (nSPS) is 14.5. The summed E-state index contributed by atoms with van der Waals surface area (Å²) >= 11 is 0. The number of halogens is 1. The molecule has 0 aromatic heterocycles. The molecule has 1 aromatic rings. The Kier molecular flexibility index (Phi) is 5.03. The third-order valence-electron chi connectivity index (χ3n) is 2.80. The highest BCUT2D eigenvalue weighted by molar-refractivity contribution is 5.85. The Hall–Kier alpha value is -1.22. The number of benzene rings is 1. The molecular formula is C14H20ClN2O-. The van der Waals surface area contributed by atoms with E-state index < -0.39 is 0 Å². The summed E-state index contributed by atoms with van der Waals surface area (Å²) in [5.41, 5.74) is 1.33. The minimum Gasteiger partial charge on any atom is -1.00 e. The monoisotopic (exact) mass is 267 g/mol. The maximum atomic E-state index is 5.85. The van der Waals surface area contributed by atoms with E-state index in [1.54, 1.807) is 0 Å². The van der Waals surface area contributed by atoms with Crippen molar-refractivity contribution >= 4 is 5.84 Å². The van der Waals surface area contributed by atoms with Crippen LogP contribution >= 0.6 is 0 Å². The molecule has 1 N–H and O–H groups in total. The number of nitrogens with zero attached hydrogens (tertiary/aromatic N) is 1. The van der Waals surface area contributed by atoms with Crippen molar-refractivity contribution in [3.8, 4) is 5.75 Å². The summed E-state index contributed by atoms with van der Waals surface area (Å²) in [7, 11) is 0. The molecule has 0 saturated carbocycles. The van der Waals surface area contributed by atoms with Crippen LogP contribution in [0.15, 0.2) is 29.3 Å². The van der Waals surface area contributed by atoms with Crippen molar-refractivity contribution in [2.75, 3.05) is 19.7 Å². The highest BCUT2D eigenvalue weighted by Gasteiger charge is 2.18. The summed E-state index contributed by atoms with van der Waals surface area (Å²) in [6.07, 6.45) is 0. The average Bonchev–Trinajstić information content (AvgIpc) is 2.78. The summed E-state index contributed by atoms with van der Waals surface area (Å²) in [6, 6.07) is 8.21. The van der Waals surface area contributed by atoms with Crippen LogP contribution in [0.1, 0.15) is 26.3 Å². The van der Waals surface area contributed by atoms with Crippen LogP contribution in [-0.2, 0) is 5.41 Å². The molecule has 1 aliphatic rings. The number of hydrogen-bond donors (Lipinski definition) is 1. The lowest BCUT2D eigenvalue weighted by molar-refractivity contribution is -0.00000443. The van der Waals surface area contributed by atoms with Gasteiger partial charge in [0.15, 0.2) is 0 Å². The van der Waals surface area contributed by atoms with Crippen molar-refractivity contribution in [3.63, 3.8) is 0 Å². The molecule has 2 rings (SSSR count). The first-order valence-electron chi connectivity index (χ1n) is 6.07. The molecule has 18 heavy (non-hydrogen) atoms. The second kappa shape index (κ2) is 6.10. The van der Waals surface area contributed by atoms with Gasteiger partial charge in [-0.25, -0.2) is 0 Å². The van der Waals surface area contributed by atoms with Gasteiger partial charge in [0.05, 0.1) is 6.54 Å². The summed E-state index contributed by atoms with van der Waals surface area (Å²) < 4.78 is 5.85. The Morgan fingerprint density at radius 2 is 2.00 bits per heavy atom. The molecule has 0 fully saturated rings. The molecule has 0 radical (unpaired) electrons. The molecule has 0 saturated heterocycles. The van der Waals surface area contributed by atoms with Crippen LogP contribution in [0.3, 0.4) is 0 Å². The Balaban J connectivity index is 0.00000162. The Morgan fingerprint density at radius 1 is 1.28 bits per heavy atom. The lowest BCUT2D eigenvalue weighted by Crippen LogP contribution is -3.00. The summed E-state index contributed by atoms with van der Waals surface area (Å²) in [5, 5.41) is 3.21. The second-order valence-corrected chi connectivity index (χ2v) is 5.29. The van der Waals surface area contributed by atoms with Gasteiger partial charge in [-0.1, -0.05) is 39.0 Å². The van der Waals surface area contributed by atoms with Gasteiger partial charge in [0.1, 0.15) is 18.2 Å². The van der Waals surface area contributed by atoms with Crippen LogP contribution in [0.25, 0.3) is 0 Å². The van der Waals surface area contributed by atoms with Gasteiger partial charge in [0.25, 0.3) is 0 Å². The zero-order chi connectivity index (χ0) is 12.3. The first-order chi connectivity index (χ1) is 8.07. The second-order valence-electron chi connectivity index (χ2n) is 5.29. The molecule has 0 unspecified atom stereocenters. The Bertz CT molecular complexity index is 424. The van der Waals surface area contributed by atoms with Crippen molar-refractivity contribution in [2.24, 2.45) is 4.99 Å². The number of para-hydroxylation sites is 1. The van der Waals surface area contributed by atoms with Crippen LogP contribution in [-0.4, -0.2) is 25.5 Å². The first kappa shape index (κ1) is 14.8. The lowest BCUT2D eigenvalue weighted by Gasteiger charge is -2.22. The van der Waals surface area contributed by atoms with E-state index in [1.807, 2.05) is 12.1 Å². The van der Waals surface area contributed by atoms with Crippen molar-refractivity contribution < 1.29 is 17.1 Å². The topological polar surface area (TPSA) is 33.6 Å². The molecule has 0 spiro atoms. The van der Waals surface area contributed by atoms with Crippen LogP contribution in [0.5, 0.6) is 5.75 Å². The zero-order valence-corrected chi connectivity index (χ0v) is 11.9. The third kappa shape index (κ3) is 3.64. The molecule has 0 bridgehead atoms. The largest absolute Gasteiger partial charge is 1.00 e. The lowest BCUT2D eigenvalue weighted by atomic mass is 9.86. The molecule has 0 amide bonds. The van der Waals surface area contributed by atoms with Gasteiger partial charge in [-0.3, -0.25) is 4.99 Å². The van der Waals surface area contributed by atoms with Crippen molar-refractivity contribution in [3.05, 3.63) is 29.8 Å². The molecule has 1 aliphatic heterocycles. The minimum atomic E-state index is 0. The van der Waals surface area contributed by atoms with E-state index in [1.165, 1.54) is 5.56 Å². The van der Waals surface area contributed by atoms with Gasteiger partial charge in [-0.2, -0.15) is 0 Å². The van der Waals surface area contributed by atoms with Crippen LogP contribution in [0.4, 0.5) is 0 Å². The number of nitrogens with one attached hydrogen (secondary N) is 1. The van der Waals surface area contributed by atoms with Crippen LogP contribution < -0.4 is 22.5 Å². The molecule has 0 atom stereocenters. The Labute approximate surface area is 115 Å². The van der Waals surface area contributed by atoms with Gasteiger partial charge in [0, 0.05) is 6.54 Å². The van der Waals surface area contributed by atoms with Gasteiger partial charge in [-0.15, -0.1) is 0 Å². The number of rotatable bonds is 3. The fraction of sp³-hybridized carbons (Fsp3) is 0.500. The van der Waals surface area contributed by atoms with Gasteiger partial charge < -0.3 is 22.5 Å². The highest BCUT2D eigenvalue weighted by atomic mass is 35.5. The number of ether oxygens (including phenoxy) is 1. The average molecular weight is 268 g/mol. The van der Waals surface area contributed by atoms with E-state index in [0.29, 0.717) is 6.61 Å². The van der Waals surface area contributed by atoms with E-state index in [4.69, 9.17) is 4.74 Å². The molecule has 4 heteroatoms. The number of amidine groups is 1. The van der Waals surface area contributed by atoms with Crippen molar-refractivity contribution in [1.82, 2.24) is 5.32 Å². The predicted molar refractivity (Wildman–Crippen MR) is 70.9 cm³/mol. The molecule has 0 aliphatic carbocycles. The molecule has 1 aromatic carbocycles. The van der Waals surface area contributed by atoms with E-state index in [-0.39, 0.29) is 17.8 Å². The highest BCUT2D eigenvalue weighted by Crippen LogP contribution is 2.30. The molecular weight excluding hydrogens is 248 g/mol. The van der Waals surface area contributed by atoms with E-state index in [2.05, 4.69) is 43.2 Å². The van der Waals surface area contributed by atoms with Gasteiger partial charge in [0.2, 0.25) is 0 Å². The number of aliphatic imine (C=N–C) groups is 1. The fourth-order valence-corrected chi connectivity index (χ4v) is 1.90. The van der Waals surface area contributed by atoms with E-state index in [9.17, 15) is 0 Å². The minimum absolute atomic E-state index is 0. The standard InChI is InChI=1S/C14H20N2O.ClH/c1-14(2,3)11-6-4-5-7-12(11)17-10-13-15-8-9-16-13;/h4-7H,8-10H2,1-3H3,(H,15,16);1H/p-1. The van der Waals surface area contributed by atoms with Crippen LogP contribution in [0, 0.1) is 0 Å². The fourth-order valence-electron chi connectivity index (χ4n) is 1.90. The maximum absolute atomic E-state index is 5.85. The molecule has 3 nitrogen and oxygen atoms in total. The number of hydrogen-bond acceptors (Lipinski definition) is 3. The predicted octanol–water partition coefficient (Wildman–Crippen LogP) is -0.631. The summed E-state index contributed by atoms with van der Waals surface area (Å²) in [6.45, 7) is 8.91. The smallest absolute Gasteiger partial charge is 0.145 e. The first-order valence-corrected chi connectivity index (χ1v) is 6.07. The quantitative estimate of drug-likeness (QED) is 0.791. The Morgan fingerprint density at radius 3 is 2.61 bits per heavy atom. The van der Waals surface area contributed by atoms with E-state index >= 15 is 0 Å².